The van der Waals surface area contributed by atoms with Crippen molar-refractivity contribution >= 4 is 23.1 Å². The van der Waals surface area contributed by atoms with E-state index in [1.807, 2.05) is 25.1 Å². The molecule has 0 aliphatic carbocycles. The topological polar surface area (TPSA) is 46.3 Å². The van der Waals surface area contributed by atoms with Gasteiger partial charge in [0.15, 0.2) is 0 Å². The third kappa shape index (κ3) is 2.76. The molecule has 1 atom stereocenters. The molecule has 3 nitrogen and oxygen atoms in total. The maximum absolute atomic E-state index is 11.9. The van der Waals surface area contributed by atoms with Gasteiger partial charge < -0.3 is 10.6 Å². The van der Waals surface area contributed by atoms with Crippen molar-refractivity contribution in [3.8, 4) is 0 Å². The number of carbonyl (C=O) groups is 1. The molecular weight excluding hydrogens is 208 g/mol. The lowest BCUT2D eigenvalue weighted by molar-refractivity contribution is 0.0779. The average molecular weight is 222 g/mol. The van der Waals surface area contributed by atoms with Gasteiger partial charge in [0.25, 0.3) is 5.91 Å². The Bertz CT molecular complexity index is 364. The molecule has 0 radical (unpaired) electrons. The first kappa shape index (κ1) is 11.7. The van der Waals surface area contributed by atoms with Gasteiger partial charge in [-0.05, 0) is 19.1 Å². The van der Waals surface area contributed by atoms with Crippen LogP contribution in [0.2, 0.25) is 0 Å². The van der Waals surface area contributed by atoms with Crippen molar-refractivity contribution in [1.82, 2.24) is 4.90 Å². The van der Waals surface area contributed by atoms with Crippen LogP contribution in [-0.2, 0) is 0 Å². The van der Waals surface area contributed by atoms with E-state index in [4.69, 9.17) is 18.0 Å². The van der Waals surface area contributed by atoms with Gasteiger partial charge >= 0.3 is 0 Å². The maximum atomic E-state index is 11.9. The quantitative estimate of drug-likeness (QED) is 0.787. The standard InChI is InChI=1S/C11H14N2OS/c1-8(10(12)15)13(2)11(14)9-6-4-3-5-7-9/h3-8H,1-2H3,(H2,12,15). The van der Waals surface area contributed by atoms with E-state index in [1.54, 1.807) is 19.2 Å². The van der Waals surface area contributed by atoms with E-state index < -0.39 is 0 Å². The molecular formula is C11H14N2OS. The number of carbonyl (C=O) groups excluding carboxylic acids is 1. The number of thiocarbonyl (C=S) groups is 1. The predicted octanol–water partition coefficient (Wildman–Crippen LogP) is 1.43. The van der Waals surface area contributed by atoms with E-state index in [2.05, 4.69) is 0 Å². The van der Waals surface area contributed by atoms with E-state index in [0.717, 1.165) is 0 Å². The smallest absolute Gasteiger partial charge is 0.254 e. The molecule has 1 amide bonds. The summed E-state index contributed by atoms with van der Waals surface area (Å²) in [7, 11) is 1.69. The lowest BCUT2D eigenvalue weighted by atomic mass is 10.2. The second kappa shape index (κ2) is 4.89. The van der Waals surface area contributed by atoms with Crippen LogP contribution in [0.4, 0.5) is 0 Å². The van der Waals surface area contributed by atoms with Gasteiger partial charge in [-0.1, -0.05) is 30.4 Å². The summed E-state index contributed by atoms with van der Waals surface area (Å²) >= 11 is 4.85. The molecule has 0 saturated carbocycles. The lowest BCUT2D eigenvalue weighted by Gasteiger charge is -2.23. The SMILES string of the molecule is CC(C(N)=S)N(C)C(=O)c1ccccc1. The Kier molecular flexibility index (Phi) is 3.80. The fourth-order valence-electron chi connectivity index (χ4n) is 1.15. The predicted molar refractivity (Wildman–Crippen MR) is 64.8 cm³/mol. The zero-order valence-electron chi connectivity index (χ0n) is 8.81. The van der Waals surface area contributed by atoms with Crippen LogP contribution in [0.1, 0.15) is 17.3 Å². The van der Waals surface area contributed by atoms with Gasteiger partial charge in [0.05, 0.1) is 11.0 Å². The Morgan fingerprint density at radius 3 is 2.40 bits per heavy atom. The van der Waals surface area contributed by atoms with Gasteiger partial charge in [0, 0.05) is 12.6 Å². The molecule has 0 saturated heterocycles. The molecule has 1 unspecified atom stereocenters. The second-order valence-electron chi connectivity index (χ2n) is 3.36. The molecule has 0 heterocycles. The van der Waals surface area contributed by atoms with Crippen LogP contribution in [0.5, 0.6) is 0 Å². The van der Waals surface area contributed by atoms with Crippen LogP contribution < -0.4 is 5.73 Å². The van der Waals surface area contributed by atoms with Crippen molar-refractivity contribution < 1.29 is 4.79 Å². The number of likely N-dealkylation sites (N-methyl/N-ethyl adjacent to an activating group) is 1. The van der Waals surface area contributed by atoms with Crippen molar-refractivity contribution in [3.05, 3.63) is 35.9 Å². The summed E-state index contributed by atoms with van der Waals surface area (Å²) in [6.45, 7) is 1.81. The molecule has 0 bridgehead atoms. The van der Waals surface area contributed by atoms with E-state index in [9.17, 15) is 4.79 Å². The first-order valence-corrected chi connectivity index (χ1v) is 5.06. The molecule has 1 aromatic carbocycles. The number of benzene rings is 1. The van der Waals surface area contributed by atoms with E-state index in [-0.39, 0.29) is 11.9 Å². The summed E-state index contributed by atoms with van der Waals surface area (Å²) in [5.74, 6) is -0.0732. The molecule has 0 aliphatic heterocycles. The first-order valence-electron chi connectivity index (χ1n) is 4.65. The van der Waals surface area contributed by atoms with Crippen molar-refractivity contribution in [3.63, 3.8) is 0 Å². The van der Waals surface area contributed by atoms with Crippen LogP contribution in [0.25, 0.3) is 0 Å². The van der Waals surface area contributed by atoms with Crippen LogP contribution in [0.15, 0.2) is 30.3 Å². The number of nitrogens with two attached hydrogens (primary N) is 1. The minimum absolute atomic E-state index is 0.0732. The Labute approximate surface area is 94.9 Å². The highest BCUT2D eigenvalue weighted by atomic mass is 32.1. The van der Waals surface area contributed by atoms with Gasteiger partial charge in [-0.3, -0.25) is 4.79 Å². The molecule has 15 heavy (non-hydrogen) atoms. The molecule has 4 heteroatoms. The number of amides is 1. The summed E-state index contributed by atoms with van der Waals surface area (Å²) < 4.78 is 0. The lowest BCUT2D eigenvalue weighted by Crippen LogP contribution is -2.42. The summed E-state index contributed by atoms with van der Waals surface area (Å²) in [5, 5.41) is 0. The minimum Gasteiger partial charge on any atom is -0.392 e. The second-order valence-corrected chi connectivity index (χ2v) is 3.83. The summed E-state index contributed by atoms with van der Waals surface area (Å²) in [4.78, 5) is 13.8. The average Bonchev–Trinajstić information content (AvgIpc) is 2.27. The fourth-order valence-corrected chi connectivity index (χ4v) is 1.31. The number of rotatable bonds is 3. The third-order valence-electron chi connectivity index (χ3n) is 2.33. The number of hydrogen-bond donors (Lipinski definition) is 1. The molecule has 0 aromatic heterocycles. The van der Waals surface area contributed by atoms with Gasteiger partial charge in [0.1, 0.15) is 0 Å². The van der Waals surface area contributed by atoms with Crippen LogP contribution >= 0.6 is 12.2 Å². The fraction of sp³-hybridized carbons (Fsp3) is 0.273. The molecule has 0 aliphatic rings. The highest BCUT2D eigenvalue weighted by Gasteiger charge is 2.18. The summed E-state index contributed by atoms with van der Waals surface area (Å²) in [5.41, 5.74) is 6.13. The molecule has 2 N–H and O–H groups in total. The monoisotopic (exact) mass is 222 g/mol. The Balaban J connectivity index is 2.82. The Morgan fingerprint density at radius 2 is 1.93 bits per heavy atom. The minimum atomic E-state index is -0.229. The number of nitrogens with zero attached hydrogens (tertiary/aromatic N) is 1. The largest absolute Gasteiger partial charge is 0.392 e. The van der Waals surface area contributed by atoms with Crippen molar-refractivity contribution in [2.45, 2.75) is 13.0 Å². The Morgan fingerprint density at radius 1 is 1.40 bits per heavy atom. The van der Waals surface area contributed by atoms with Crippen LogP contribution in [-0.4, -0.2) is 28.9 Å². The molecule has 80 valence electrons. The summed E-state index contributed by atoms with van der Waals surface area (Å²) in [6.07, 6.45) is 0. The zero-order valence-corrected chi connectivity index (χ0v) is 9.62. The van der Waals surface area contributed by atoms with Crippen LogP contribution in [0.3, 0.4) is 0 Å². The zero-order chi connectivity index (χ0) is 11.4. The Hall–Kier alpha value is -1.42. The van der Waals surface area contributed by atoms with Gasteiger partial charge in [0.2, 0.25) is 0 Å². The van der Waals surface area contributed by atoms with Crippen molar-refractivity contribution in [1.29, 1.82) is 0 Å². The highest BCUT2D eigenvalue weighted by molar-refractivity contribution is 7.80. The van der Waals surface area contributed by atoms with E-state index in [1.165, 1.54) is 4.90 Å². The molecule has 1 rings (SSSR count). The van der Waals surface area contributed by atoms with E-state index in [0.29, 0.717) is 10.6 Å². The summed E-state index contributed by atoms with van der Waals surface area (Å²) in [6, 6.07) is 8.83. The van der Waals surface area contributed by atoms with Crippen LogP contribution in [0, 0.1) is 0 Å². The normalized spacial score (nSPS) is 11.9. The van der Waals surface area contributed by atoms with Gasteiger partial charge in [-0.25, -0.2) is 0 Å². The van der Waals surface area contributed by atoms with Crippen molar-refractivity contribution in [2.75, 3.05) is 7.05 Å². The molecule has 0 spiro atoms. The van der Waals surface area contributed by atoms with Gasteiger partial charge in [-0.15, -0.1) is 0 Å². The third-order valence-corrected chi connectivity index (χ3v) is 2.67. The highest BCUT2D eigenvalue weighted by Crippen LogP contribution is 2.06. The molecule has 0 fully saturated rings. The van der Waals surface area contributed by atoms with Gasteiger partial charge in [-0.2, -0.15) is 0 Å². The molecule has 1 aromatic rings. The first-order chi connectivity index (χ1) is 7.04. The van der Waals surface area contributed by atoms with E-state index >= 15 is 0 Å². The number of hydrogen-bond acceptors (Lipinski definition) is 2. The maximum Gasteiger partial charge on any atom is 0.254 e. The van der Waals surface area contributed by atoms with Crippen molar-refractivity contribution in [2.24, 2.45) is 5.73 Å².